The Morgan fingerprint density at radius 1 is 1.36 bits per heavy atom. The lowest BCUT2D eigenvalue weighted by Gasteiger charge is -2.14. The summed E-state index contributed by atoms with van der Waals surface area (Å²) in [5.41, 5.74) is 6.94. The van der Waals surface area contributed by atoms with Crippen LogP contribution in [0.25, 0.3) is 11.0 Å². The van der Waals surface area contributed by atoms with Crippen molar-refractivity contribution in [3.05, 3.63) is 18.0 Å². The molecule has 0 saturated carbocycles. The van der Waals surface area contributed by atoms with Crippen molar-refractivity contribution in [2.75, 3.05) is 20.8 Å². The molecule has 7 heteroatoms. The quantitative estimate of drug-likeness (QED) is 0.806. The Bertz CT molecular complexity index is 681. The summed E-state index contributed by atoms with van der Waals surface area (Å²) >= 11 is 0. The molecular formula is C15H21N3O4. The van der Waals surface area contributed by atoms with Crippen molar-refractivity contribution in [2.45, 2.75) is 25.8 Å². The highest BCUT2D eigenvalue weighted by molar-refractivity contribution is 5.83. The first-order valence-corrected chi connectivity index (χ1v) is 7.09. The molecule has 7 nitrogen and oxygen atoms in total. The zero-order valence-electron chi connectivity index (χ0n) is 13.0. The van der Waals surface area contributed by atoms with Gasteiger partial charge in [0.15, 0.2) is 11.5 Å². The van der Waals surface area contributed by atoms with Crippen LogP contribution in [0.2, 0.25) is 0 Å². The van der Waals surface area contributed by atoms with Crippen LogP contribution in [-0.2, 0) is 11.2 Å². The number of fused-ring (bicyclic) bond motifs is 1. The fourth-order valence-corrected chi connectivity index (χ4v) is 2.45. The molecule has 1 atom stereocenters. The molecule has 3 N–H and O–H groups in total. The zero-order valence-corrected chi connectivity index (χ0v) is 13.0. The highest BCUT2D eigenvalue weighted by Gasteiger charge is 2.22. The number of benzene rings is 1. The van der Waals surface area contributed by atoms with Crippen LogP contribution in [0.3, 0.4) is 0 Å². The molecule has 1 unspecified atom stereocenters. The third-order valence-corrected chi connectivity index (χ3v) is 3.62. The molecule has 0 aliphatic carbocycles. The van der Waals surface area contributed by atoms with Gasteiger partial charge in [-0.1, -0.05) is 0 Å². The summed E-state index contributed by atoms with van der Waals surface area (Å²) in [6.45, 7) is 2.16. The van der Waals surface area contributed by atoms with Crippen LogP contribution in [0.15, 0.2) is 12.1 Å². The van der Waals surface area contributed by atoms with Crippen LogP contribution < -0.4 is 15.2 Å². The van der Waals surface area contributed by atoms with E-state index >= 15 is 0 Å². The minimum absolute atomic E-state index is 0.525. The second-order valence-electron chi connectivity index (χ2n) is 5.00. The molecule has 2 rings (SSSR count). The number of hydrogen-bond acceptors (Lipinski definition) is 5. The molecule has 0 saturated heterocycles. The van der Waals surface area contributed by atoms with Crippen LogP contribution in [0.1, 0.15) is 25.2 Å². The Kier molecular flexibility index (Phi) is 4.87. The third kappa shape index (κ3) is 2.85. The van der Waals surface area contributed by atoms with Gasteiger partial charge in [-0.15, -0.1) is 0 Å². The Morgan fingerprint density at radius 2 is 2.00 bits per heavy atom. The Morgan fingerprint density at radius 3 is 2.55 bits per heavy atom. The lowest BCUT2D eigenvalue weighted by atomic mass is 10.2. The first-order valence-electron chi connectivity index (χ1n) is 7.09. The number of methoxy groups -OCH3 is 2. The van der Waals surface area contributed by atoms with E-state index in [9.17, 15) is 9.90 Å². The van der Waals surface area contributed by atoms with Gasteiger partial charge in [0.05, 0.1) is 25.3 Å². The summed E-state index contributed by atoms with van der Waals surface area (Å²) < 4.78 is 12.3. The molecule has 0 spiro atoms. The van der Waals surface area contributed by atoms with Gasteiger partial charge in [0.25, 0.3) is 0 Å². The van der Waals surface area contributed by atoms with Crippen LogP contribution in [0, 0.1) is 0 Å². The molecule has 0 radical (unpaired) electrons. The van der Waals surface area contributed by atoms with Gasteiger partial charge in [0, 0.05) is 18.6 Å². The van der Waals surface area contributed by atoms with Crippen molar-refractivity contribution >= 4 is 17.0 Å². The minimum atomic E-state index is -0.914. The summed E-state index contributed by atoms with van der Waals surface area (Å²) in [5, 5.41) is 9.36. The molecule has 0 fully saturated rings. The second-order valence-corrected chi connectivity index (χ2v) is 5.00. The number of nitrogens with two attached hydrogens (primary N) is 1. The van der Waals surface area contributed by atoms with E-state index in [2.05, 4.69) is 4.98 Å². The maximum Gasteiger partial charge on any atom is 0.326 e. The van der Waals surface area contributed by atoms with E-state index in [4.69, 9.17) is 15.2 Å². The number of carbonyl (C=O) groups is 1. The summed E-state index contributed by atoms with van der Waals surface area (Å²) in [7, 11) is 3.09. The van der Waals surface area contributed by atoms with Crippen LogP contribution in [-0.4, -0.2) is 41.4 Å². The normalized spacial score (nSPS) is 12.4. The van der Waals surface area contributed by atoms with Gasteiger partial charge in [-0.2, -0.15) is 0 Å². The van der Waals surface area contributed by atoms with Crippen molar-refractivity contribution in [3.63, 3.8) is 0 Å². The fraction of sp³-hybridized carbons (Fsp3) is 0.467. The van der Waals surface area contributed by atoms with Gasteiger partial charge in [0.2, 0.25) is 0 Å². The predicted octanol–water partition coefficient (Wildman–Crippen LogP) is 1.59. The lowest BCUT2D eigenvalue weighted by Crippen LogP contribution is -2.18. The summed E-state index contributed by atoms with van der Waals surface area (Å²) in [6.07, 6.45) is 1.36. The van der Waals surface area contributed by atoms with Gasteiger partial charge >= 0.3 is 5.97 Å². The minimum Gasteiger partial charge on any atom is -0.493 e. The number of carboxylic acid groups (broad SMARTS) is 1. The van der Waals surface area contributed by atoms with Gasteiger partial charge in [-0.05, 0) is 19.9 Å². The van der Waals surface area contributed by atoms with Crippen molar-refractivity contribution in [1.29, 1.82) is 0 Å². The highest BCUT2D eigenvalue weighted by Crippen LogP contribution is 2.34. The van der Waals surface area contributed by atoms with Gasteiger partial charge in [-0.3, -0.25) is 0 Å². The van der Waals surface area contributed by atoms with Crippen molar-refractivity contribution in [1.82, 2.24) is 9.55 Å². The number of hydrogen-bond donors (Lipinski definition) is 2. The summed E-state index contributed by atoms with van der Waals surface area (Å²) in [6, 6.07) is 2.79. The average Bonchev–Trinajstić information content (AvgIpc) is 2.87. The maximum absolute atomic E-state index is 11.4. The molecule has 1 aromatic heterocycles. The standard InChI is InChI=1S/C15H21N3O4/c1-9(15(19)20)18-11-8-13(22-3)12(21-2)7-10(11)17-14(18)5-4-6-16/h7-9H,4-6,16H2,1-3H3,(H,19,20). The molecular weight excluding hydrogens is 286 g/mol. The Labute approximate surface area is 128 Å². The first-order chi connectivity index (χ1) is 10.5. The third-order valence-electron chi connectivity index (χ3n) is 3.62. The topological polar surface area (TPSA) is 99.6 Å². The van der Waals surface area contributed by atoms with E-state index in [0.717, 1.165) is 6.42 Å². The molecule has 1 aromatic carbocycles. The Hall–Kier alpha value is -2.28. The summed E-state index contributed by atoms with van der Waals surface area (Å²) in [5.74, 6) is 0.890. The average molecular weight is 307 g/mol. The van der Waals surface area contributed by atoms with Crippen LogP contribution in [0.4, 0.5) is 0 Å². The van der Waals surface area contributed by atoms with E-state index in [1.807, 2.05) is 0 Å². The molecule has 22 heavy (non-hydrogen) atoms. The number of nitrogens with zero attached hydrogens (tertiary/aromatic N) is 2. The molecule has 2 aromatic rings. The molecule has 0 amide bonds. The number of rotatable bonds is 7. The van der Waals surface area contributed by atoms with Crippen LogP contribution in [0.5, 0.6) is 11.5 Å². The van der Waals surface area contributed by atoms with E-state index in [-0.39, 0.29) is 0 Å². The van der Waals surface area contributed by atoms with Crippen molar-refractivity contribution in [3.8, 4) is 11.5 Å². The number of imidazole rings is 1. The van der Waals surface area contributed by atoms with E-state index in [0.29, 0.717) is 41.3 Å². The smallest absolute Gasteiger partial charge is 0.326 e. The van der Waals surface area contributed by atoms with Crippen molar-refractivity contribution < 1.29 is 19.4 Å². The van der Waals surface area contributed by atoms with Crippen LogP contribution >= 0.6 is 0 Å². The second kappa shape index (κ2) is 6.65. The van der Waals surface area contributed by atoms with E-state index in [1.165, 1.54) is 0 Å². The highest BCUT2D eigenvalue weighted by atomic mass is 16.5. The SMILES string of the molecule is COc1cc2nc(CCCN)n(C(C)C(=O)O)c2cc1OC. The number of aryl methyl sites for hydroxylation is 1. The number of aliphatic carboxylic acids is 1. The maximum atomic E-state index is 11.4. The summed E-state index contributed by atoms with van der Waals surface area (Å²) in [4.78, 5) is 16.0. The van der Waals surface area contributed by atoms with E-state index < -0.39 is 12.0 Å². The molecule has 0 aliphatic rings. The molecule has 0 aliphatic heterocycles. The number of ether oxygens (including phenoxy) is 2. The molecule has 0 bridgehead atoms. The van der Waals surface area contributed by atoms with Crippen molar-refractivity contribution in [2.24, 2.45) is 5.73 Å². The first kappa shape index (κ1) is 16.1. The molecule has 120 valence electrons. The monoisotopic (exact) mass is 307 g/mol. The van der Waals surface area contributed by atoms with Gasteiger partial charge in [-0.25, -0.2) is 9.78 Å². The number of carboxylic acids is 1. The lowest BCUT2D eigenvalue weighted by molar-refractivity contribution is -0.140. The fourth-order valence-electron chi connectivity index (χ4n) is 2.45. The zero-order chi connectivity index (χ0) is 16.3. The van der Waals surface area contributed by atoms with Gasteiger partial charge in [0.1, 0.15) is 11.9 Å². The number of aromatic nitrogens is 2. The Balaban J connectivity index is 2.66. The largest absolute Gasteiger partial charge is 0.493 e. The van der Waals surface area contributed by atoms with E-state index in [1.54, 1.807) is 37.8 Å². The predicted molar refractivity (Wildman–Crippen MR) is 82.6 cm³/mol. The molecule has 1 heterocycles. The van der Waals surface area contributed by atoms with Gasteiger partial charge < -0.3 is 24.9 Å².